The minimum absolute atomic E-state index is 0.589. The monoisotopic (exact) mass is 208 g/mol. The van der Waals surface area contributed by atoms with Gasteiger partial charge in [0.1, 0.15) is 9.28 Å². The molecule has 1 heterocycles. The molecule has 0 atom stereocenters. The molecule has 0 saturated carbocycles. The van der Waals surface area contributed by atoms with Crippen LogP contribution in [-0.4, -0.2) is 9.97 Å². The SMILES string of the molecule is Cc1ccc2[nH]c(=S)c(=S)[nH]c2c1. The van der Waals surface area contributed by atoms with Crippen LogP contribution in [0.15, 0.2) is 18.2 Å². The highest BCUT2D eigenvalue weighted by Crippen LogP contribution is 2.10. The van der Waals surface area contributed by atoms with Gasteiger partial charge in [0.05, 0.1) is 11.0 Å². The van der Waals surface area contributed by atoms with Crippen molar-refractivity contribution < 1.29 is 0 Å². The highest BCUT2D eigenvalue weighted by atomic mass is 32.1. The van der Waals surface area contributed by atoms with Gasteiger partial charge in [0.25, 0.3) is 0 Å². The third kappa shape index (κ3) is 1.55. The molecule has 0 fully saturated rings. The Labute approximate surface area is 85.6 Å². The van der Waals surface area contributed by atoms with Crippen LogP contribution in [0.1, 0.15) is 5.56 Å². The van der Waals surface area contributed by atoms with Gasteiger partial charge in [-0.2, -0.15) is 0 Å². The molecule has 1 aromatic heterocycles. The molecule has 13 heavy (non-hydrogen) atoms. The molecule has 0 unspecified atom stereocenters. The van der Waals surface area contributed by atoms with Crippen molar-refractivity contribution in [1.82, 2.24) is 9.97 Å². The number of aryl methyl sites for hydroxylation is 1. The number of aromatic nitrogens is 2. The molecule has 0 aliphatic heterocycles. The van der Waals surface area contributed by atoms with Crippen molar-refractivity contribution >= 4 is 35.5 Å². The van der Waals surface area contributed by atoms with E-state index in [0.717, 1.165) is 11.0 Å². The summed E-state index contributed by atoms with van der Waals surface area (Å²) >= 11 is 10.1. The largest absolute Gasteiger partial charge is 0.342 e. The van der Waals surface area contributed by atoms with Crippen molar-refractivity contribution in [3.05, 3.63) is 33.0 Å². The topological polar surface area (TPSA) is 31.6 Å². The lowest BCUT2D eigenvalue weighted by molar-refractivity contribution is 1.24. The number of fused-ring (bicyclic) bond motifs is 1. The van der Waals surface area contributed by atoms with E-state index in [-0.39, 0.29) is 0 Å². The number of hydrogen-bond donors (Lipinski definition) is 2. The Morgan fingerprint density at radius 3 is 2.31 bits per heavy atom. The Balaban J connectivity index is 2.97. The van der Waals surface area contributed by atoms with Gasteiger partial charge in [0.15, 0.2) is 0 Å². The molecule has 2 N–H and O–H groups in total. The summed E-state index contributed by atoms with van der Waals surface area (Å²) in [5.74, 6) is 0. The molecule has 1 aromatic carbocycles. The summed E-state index contributed by atoms with van der Waals surface area (Å²) in [6.45, 7) is 2.04. The maximum absolute atomic E-state index is 5.03. The second-order valence-corrected chi connectivity index (χ2v) is 3.77. The van der Waals surface area contributed by atoms with E-state index in [1.54, 1.807) is 0 Å². The van der Waals surface area contributed by atoms with Crippen molar-refractivity contribution in [2.24, 2.45) is 0 Å². The van der Waals surface area contributed by atoms with Crippen molar-refractivity contribution in [3.8, 4) is 0 Å². The molecule has 0 saturated heterocycles. The first-order chi connectivity index (χ1) is 6.16. The van der Waals surface area contributed by atoms with E-state index in [2.05, 4.69) is 9.97 Å². The molecule has 0 radical (unpaired) electrons. The average molecular weight is 208 g/mol. The highest BCUT2D eigenvalue weighted by molar-refractivity contribution is 7.73. The molecule has 0 spiro atoms. The molecule has 0 aliphatic rings. The lowest BCUT2D eigenvalue weighted by Crippen LogP contribution is -1.86. The van der Waals surface area contributed by atoms with Gasteiger partial charge in [-0.1, -0.05) is 30.5 Å². The molecule has 4 heteroatoms. The molecule has 2 nitrogen and oxygen atoms in total. The highest BCUT2D eigenvalue weighted by Gasteiger charge is 1.94. The number of hydrogen-bond acceptors (Lipinski definition) is 2. The fourth-order valence-corrected chi connectivity index (χ4v) is 1.55. The van der Waals surface area contributed by atoms with E-state index in [0.29, 0.717) is 9.28 Å². The molecule has 2 rings (SSSR count). The molecular formula is C9H8N2S2. The van der Waals surface area contributed by atoms with E-state index >= 15 is 0 Å². The fraction of sp³-hybridized carbons (Fsp3) is 0.111. The van der Waals surface area contributed by atoms with E-state index in [4.69, 9.17) is 24.4 Å². The normalized spacial score (nSPS) is 10.5. The van der Waals surface area contributed by atoms with Gasteiger partial charge in [-0.25, -0.2) is 0 Å². The van der Waals surface area contributed by atoms with Crippen LogP contribution in [0.25, 0.3) is 11.0 Å². The standard InChI is InChI=1S/C9H8N2S2/c1-5-2-3-6-7(4-5)11-9(13)8(12)10-6/h2-4H,1H3,(H,10,12)(H,11,13). The Kier molecular flexibility index (Phi) is 2.01. The lowest BCUT2D eigenvalue weighted by atomic mass is 10.2. The van der Waals surface area contributed by atoms with Crippen LogP contribution in [0.5, 0.6) is 0 Å². The molecule has 66 valence electrons. The van der Waals surface area contributed by atoms with E-state index in [1.165, 1.54) is 5.56 Å². The zero-order valence-corrected chi connectivity index (χ0v) is 8.68. The number of aromatic amines is 2. The number of nitrogens with one attached hydrogen (secondary N) is 2. The van der Waals surface area contributed by atoms with Crippen LogP contribution in [0.4, 0.5) is 0 Å². The van der Waals surface area contributed by atoms with Crippen molar-refractivity contribution in [1.29, 1.82) is 0 Å². The Bertz CT molecular complexity index is 566. The van der Waals surface area contributed by atoms with Crippen LogP contribution in [0.3, 0.4) is 0 Å². The summed E-state index contributed by atoms with van der Waals surface area (Å²) in [6.07, 6.45) is 0. The maximum Gasteiger partial charge on any atom is 0.138 e. The van der Waals surface area contributed by atoms with Crippen LogP contribution < -0.4 is 0 Å². The number of rotatable bonds is 0. The van der Waals surface area contributed by atoms with E-state index in [9.17, 15) is 0 Å². The summed E-state index contributed by atoms with van der Waals surface area (Å²) in [5, 5.41) is 0. The third-order valence-electron chi connectivity index (χ3n) is 1.88. The third-order valence-corrected chi connectivity index (χ3v) is 2.62. The van der Waals surface area contributed by atoms with Crippen LogP contribution in [0, 0.1) is 16.2 Å². The van der Waals surface area contributed by atoms with Gasteiger partial charge in [0.2, 0.25) is 0 Å². The Hall–Kier alpha value is -1.00. The van der Waals surface area contributed by atoms with Crippen molar-refractivity contribution in [2.75, 3.05) is 0 Å². The number of H-pyrrole nitrogens is 2. The van der Waals surface area contributed by atoms with E-state index in [1.807, 2.05) is 25.1 Å². The maximum atomic E-state index is 5.03. The predicted molar refractivity (Wildman–Crippen MR) is 59.1 cm³/mol. The zero-order valence-electron chi connectivity index (χ0n) is 7.05. The van der Waals surface area contributed by atoms with Gasteiger partial charge in [-0.3, -0.25) is 0 Å². The van der Waals surface area contributed by atoms with Crippen LogP contribution in [0.2, 0.25) is 0 Å². The fourth-order valence-electron chi connectivity index (χ4n) is 1.23. The molecular weight excluding hydrogens is 200 g/mol. The van der Waals surface area contributed by atoms with Crippen LogP contribution >= 0.6 is 24.4 Å². The Morgan fingerprint density at radius 2 is 1.62 bits per heavy atom. The second-order valence-electron chi connectivity index (χ2n) is 2.96. The Morgan fingerprint density at radius 1 is 1.00 bits per heavy atom. The molecule has 0 aliphatic carbocycles. The molecule has 2 aromatic rings. The van der Waals surface area contributed by atoms with Gasteiger partial charge in [-0.05, 0) is 24.6 Å². The summed E-state index contributed by atoms with van der Waals surface area (Å²) in [7, 11) is 0. The second kappa shape index (κ2) is 3.05. The summed E-state index contributed by atoms with van der Waals surface area (Å²) in [6, 6.07) is 6.06. The van der Waals surface area contributed by atoms with Crippen LogP contribution in [-0.2, 0) is 0 Å². The average Bonchev–Trinajstić information content (AvgIpc) is 2.08. The van der Waals surface area contributed by atoms with Gasteiger partial charge >= 0.3 is 0 Å². The first kappa shape index (κ1) is 8.59. The summed E-state index contributed by atoms with van der Waals surface area (Å²) in [5.41, 5.74) is 3.19. The first-order valence-corrected chi connectivity index (χ1v) is 4.71. The summed E-state index contributed by atoms with van der Waals surface area (Å²) in [4.78, 5) is 6.14. The van der Waals surface area contributed by atoms with E-state index < -0.39 is 0 Å². The number of benzene rings is 1. The first-order valence-electron chi connectivity index (χ1n) is 3.90. The summed E-state index contributed by atoms with van der Waals surface area (Å²) < 4.78 is 1.18. The molecule has 0 amide bonds. The molecule has 0 bridgehead atoms. The smallest absolute Gasteiger partial charge is 0.138 e. The minimum atomic E-state index is 0.589. The minimum Gasteiger partial charge on any atom is -0.342 e. The predicted octanol–water partition coefficient (Wildman–Crippen LogP) is 3.26. The lowest BCUT2D eigenvalue weighted by Gasteiger charge is -1.99. The van der Waals surface area contributed by atoms with Crippen molar-refractivity contribution in [3.63, 3.8) is 0 Å². The van der Waals surface area contributed by atoms with Gasteiger partial charge in [-0.15, -0.1) is 0 Å². The van der Waals surface area contributed by atoms with Gasteiger partial charge in [0, 0.05) is 0 Å². The zero-order chi connectivity index (χ0) is 9.42. The quantitative estimate of drug-likeness (QED) is 0.651. The van der Waals surface area contributed by atoms with Gasteiger partial charge < -0.3 is 9.97 Å². The van der Waals surface area contributed by atoms with Crippen molar-refractivity contribution in [2.45, 2.75) is 6.92 Å².